The number of carbonyl (C=O) groups is 1. The van der Waals surface area contributed by atoms with E-state index in [-0.39, 0.29) is 23.2 Å². The van der Waals surface area contributed by atoms with E-state index in [1.807, 2.05) is 0 Å². The Kier molecular flexibility index (Phi) is 6.32. The van der Waals surface area contributed by atoms with Crippen molar-refractivity contribution in [3.8, 4) is 11.8 Å². The van der Waals surface area contributed by atoms with E-state index in [2.05, 4.69) is 21.8 Å². The van der Waals surface area contributed by atoms with E-state index in [0.29, 0.717) is 41.5 Å². The predicted octanol–water partition coefficient (Wildman–Crippen LogP) is 3.87. The van der Waals surface area contributed by atoms with Gasteiger partial charge in [0.25, 0.3) is 0 Å². The lowest BCUT2D eigenvalue weighted by molar-refractivity contribution is 0.252. The Morgan fingerprint density at radius 1 is 1.24 bits per heavy atom. The Morgan fingerprint density at radius 2 is 1.97 bits per heavy atom. The van der Waals surface area contributed by atoms with Crippen LogP contribution in [0.1, 0.15) is 17.7 Å². The van der Waals surface area contributed by atoms with E-state index >= 15 is 0 Å². The average molecular weight is 413 g/mol. The fourth-order valence-electron chi connectivity index (χ4n) is 2.74. The van der Waals surface area contributed by atoms with Crippen molar-refractivity contribution in [1.82, 2.24) is 15.1 Å². The van der Waals surface area contributed by atoms with Crippen molar-refractivity contribution in [2.45, 2.75) is 12.8 Å². The Morgan fingerprint density at radius 3 is 2.66 bits per heavy atom. The van der Waals surface area contributed by atoms with E-state index in [1.165, 1.54) is 28.9 Å². The molecule has 0 aliphatic rings. The summed E-state index contributed by atoms with van der Waals surface area (Å²) in [6.45, 7) is 0.366. The van der Waals surface area contributed by atoms with Crippen molar-refractivity contribution in [3.05, 3.63) is 70.6 Å². The van der Waals surface area contributed by atoms with E-state index in [1.54, 1.807) is 24.3 Å². The first-order valence-corrected chi connectivity index (χ1v) is 9.20. The van der Waals surface area contributed by atoms with Crippen LogP contribution in [0.3, 0.4) is 0 Å². The maximum absolute atomic E-state index is 13.1. The number of nitrogens with one attached hydrogen (secondary N) is 2. The number of aromatic nitrogens is 2. The zero-order valence-electron chi connectivity index (χ0n) is 15.3. The number of hydrogen-bond acceptors (Lipinski definition) is 4. The molecule has 0 saturated carbocycles. The van der Waals surface area contributed by atoms with Gasteiger partial charge in [-0.2, -0.15) is 10.4 Å². The van der Waals surface area contributed by atoms with Gasteiger partial charge in [-0.25, -0.2) is 13.9 Å². The van der Waals surface area contributed by atoms with Gasteiger partial charge in [0.1, 0.15) is 23.3 Å². The highest BCUT2D eigenvalue weighted by molar-refractivity contribution is 6.33. The fourth-order valence-corrected chi connectivity index (χ4v) is 2.92. The largest absolute Gasteiger partial charge is 0.382 e. The molecular formula is C20H18ClFN6O. The van der Waals surface area contributed by atoms with Gasteiger partial charge in [0, 0.05) is 6.54 Å². The molecule has 148 valence electrons. The Hall–Kier alpha value is -3.57. The maximum Gasteiger partial charge on any atom is 0.319 e. The number of nitriles is 1. The number of urea groups is 1. The first-order chi connectivity index (χ1) is 14.0. The quantitative estimate of drug-likeness (QED) is 0.534. The molecule has 29 heavy (non-hydrogen) atoms. The zero-order chi connectivity index (χ0) is 20.8. The number of nitrogens with two attached hydrogens (primary N) is 1. The summed E-state index contributed by atoms with van der Waals surface area (Å²) >= 11 is 6.00. The van der Waals surface area contributed by atoms with Crippen LogP contribution in [0.15, 0.2) is 48.5 Å². The predicted molar refractivity (Wildman–Crippen MR) is 109 cm³/mol. The minimum Gasteiger partial charge on any atom is -0.382 e. The number of halogens is 2. The van der Waals surface area contributed by atoms with Crippen LogP contribution in [-0.4, -0.2) is 22.4 Å². The molecule has 0 bridgehead atoms. The minimum atomic E-state index is -0.380. The molecule has 0 aliphatic heterocycles. The van der Waals surface area contributed by atoms with Gasteiger partial charge in [-0.1, -0.05) is 23.7 Å². The molecule has 1 aromatic heterocycles. The van der Waals surface area contributed by atoms with Crippen molar-refractivity contribution in [1.29, 1.82) is 5.26 Å². The summed E-state index contributed by atoms with van der Waals surface area (Å²) in [6.07, 6.45) is 0.984. The minimum absolute atomic E-state index is 0.193. The normalized spacial score (nSPS) is 10.4. The second kappa shape index (κ2) is 9.08. The summed E-state index contributed by atoms with van der Waals surface area (Å²) in [5.41, 5.74) is 7.90. The van der Waals surface area contributed by atoms with E-state index in [0.717, 1.165) is 0 Å². The van der Waals surface area contributed by atoms with Crippen LogP contribution < -0.4 is 16.4 Å². The van der Waals surface area contributed by atoms with Crippen LogP contribution in [0.25, 0.3) is 5.69 Å². The van der Waals surface area contributed by atoms with Crippen LogP contribution >= 0.6 is 11.6 Å². The molecule has 0 saturated heterocycles. The molecule has 3 rings (SSSR count). The van der Waals surface area contributed by atoms with E-state index in [9.17, 15) is 14.4 Å². The van der Waals surface area contributed by atoms with Crippen LogP contribution in [0.4, 0.5) is 20.7 Å². The van der Waals surface area contributed by atoms with Crippen LogP contribution in [-0.2, 0) is 6.42 Å². The van der Waals surface area contributed by atoms with Gasteiger partial charge in [-0.15, -0.1) is 0 Å². The SMILES string of the molecule is N#Cc1c(CCCNC(=O)Nc2ccccc2Cl)nn(-c2ccc(F)cc2)c1N. The number of para-hydroxylation sites is 1. The maximum atomic E-state index is 13.1. The zero-order valence-corrected chi connectivity index (χ0v) is 16.1. The topological polar surface area (TPSA) is 109 Å². The number of nitrogen functional groups attached to an aromatic ring is 1. The molecule has 0 spiro atoms. The molecule has 2 amide bonds. The molecule has 0 atom stereocenters. The number of aryl methyl sites for hydroxylation is 1. The second-order valence-corrected chi connectivity index (χ2v) is 6.58. The summed E-state index contributed by atoms with van der Waals surface area (Å²) in [5, 5.41) is 19.6. The number of rotatable bonds is 6. The van der Waals surface area contributed by atoms with Crippen molar-refractivity contribution in [2.24, 2.45) is 0 Å². The van der Waals surface area contributed by atoms with Gasteiger partial charge in [0.05, 0.1) is 22.1 Å². The van der Waals surface area contributed by atoms with Gasteiger partial charge in [0.15, 0.2) is 0 Å². The number of hydrogen-bond donors (Lipinski definition) is 3. The molecule has 4 N–H and O–H groups in total. The van der Waals surface area contributed by atoms with Gasteiger partial charge in [0.2, 0.25) is 0 Å². The third-order valence-electron chi connectivity index (χ3n) is 4.17. The standard InChI is InChI=1S/C20H18ClFN6O/c21-16-4-1-2-5-18(16)26-20(29)25-11-3-6-17-15(12-23)19(24)28(27-17)14-9-7-13(22)8-10-14/h1-2,4-5,7-10H,3,6,11,24H2,(H2,25,26,29). The summed E-state index contributed by atoms with van der Waals surface area (Å²) in [5.74, 6) is -0.181. The highest BCUT2D eigenvalue weighted by Gasteiger charge is 2.16. The van der Waals surface area contributed by atoms with Crippen molar-refractivity contribution < 1.29 is 9.18 Å². The first-order valence-electron chi connectivity index (χ1n) is 8.82. The number of benzene rings is 2. The van der Waals surface area contributed by atoms with Crippen molar-refractivity contribution in [3.63, 3.8) is 0 Å². The molecule has 7 nitrogen and oxygen atoms in total. The van der Waals surface area contributed by atoms with Crippen LogP contribution in [0, 0.1) is 17.1 Å². The lowest BCUT2D eigenvalue weighted by Gasteiger charge is -2.08. The molecule has 2 aromatic carbocycles. The van der Waals surface area contributed by atoms with Crippen LogP contribution in [0.2, 0.25) is 5.02 Å². The molecule has 1 heterocycles. The van der Waals surface area contributed by atoms with Crippen molar-refractivity contribution >= 4 is 29.1 Å². The van der Waals surface area contributed by atoms with E-state index in [4.69, 9.17) is 17.3 Å². The lowest BCUT2D eigenvalue weighted by atomic mass is 10.1. The highest BCUT2D eigenvalue weighted by atomic mass is 35.5. The molecule has 0 fully saturated rings. The Labute approximate surface area is 171 Å². The fraction of sp³-hybridized carbons (Fsp3) is 0.150. The number of amides is 2. The smallest absolute Gasteiger partial charge is 0.319 e. The van der Waals surface area contributed by atoms with Gasteiger partial charge in [-0.05, 0) is 49.2 Å². The number of carbonyl (C=O) groups excluding carboxylic acids is 1. The third kappa shape index (κ3) is 4.83. The summed E-state index contributed by atoms with van der Waals surface area (Å²) in [4.78, 5) is 12.0. The summed E-state index contributed by atoms with van der Waals surface area (Å²) in [7, 11) is 0. The average Bonchev–Trinajstić information content (AvgIpc) is 3.03. The number of nitrogens with zero attached hydrogens (tertiary/aromatic N) is 3. The summed E-state index contributed by atoms with van der Waals surface area (Å²) in [6, 6.07) is 14.3. The Balaban J connectivity index is 1.59. The highest BCUT2D eigenvalue weighted by Crippen LogP contribution is 2.22. The molecule has 9 heteroatoms. The van der Waals surface area contributed by atoms with Gasteiger partial charge >= 0.3 is 6.03 Å². The Bertz CT molecular complexity index is 1060. The third-order valence-corrected chi connectivity index (χ3v) is 4.50. The van der Waals surface area contributed by atoms with Gasteiger partial charge in [-0.3, -0.25) is 0 Å². The molecule has 0 unspecified atom stereocenters. The molecule has 3 aromatic rings. The lowest BCUT2D eigenvalue weighted by Crippen LogP contribution is -2.29. The van der Waals surface area contributed by atoms with E-state index < -0.39 is 0 Å². The number of anilines is 2. The molecule has 0 radical (unpaired) electrons. The summed E-state index contributed by atoms with van der Waals surface area (Å²) < 4.78 is 14.5. The van der Waals surface area contributed by atoms with Crippen LogP contribution in [0.5, 0.6) is 0 Å². The second-order valence-electron chi connectivity index (χ2n) is 6.17. The molecule has 0 aliphatic carbocycles. The first kappa shape index (κ1) is 20.2. The van der Waals surface area contributed by atoms with Crippen molar-refractivity contribution in [2.75, 3.05) is 17.6 Å². The van der Waals surface area contributed by atoms with Gasteiger partial charge < -0.3 is 16.4 Å². The molecular weight excluding hydrogens is 395 g/mol. The monoisotopic (exact) mass is 412 g/mol.